The lowest BCUT2D eigenvalue weighted by Gasteiger charge is -2.45. The molecular weight excluding hydrogens is 277 g/mol. The first-order chi connectivity index (χ1) is 9.78. The average Bonchev–Trinajstić information content (AvgIpc) is 2.41. The Balaban J connectivity index is 2.84. The predicted molar refractivity (Wildman–Crippen MR) is 81.4 cm³/mol. The van der Waals surface area contributed by atoms with E-state index in [1.54, 1.807) is 4.90 Å². The van der Waals surface area contributed by atoms with Gasteiger partial charge in [-0.3, -0.25) is 4.90 Å². The van der Waals surface area contributed by atoms with E-state index >= 15 is 0 Å². The van der Waals surface area contributed by atoms with E-state index in [9.17, 15) is 13.2 Å². The predicted octanol–water partition coefficient (Wildman–Crippen LogP) is 4.21. The maximum Gasteiger partial charge on any atom is 0.401 e. The molecule has 1 N–H and O–H groups in total. The van der Waals surface area contributed by atoms with Crippen LogP contribution >= 0.6 is 0 Å². The highest BCUT2D eigenvalue weighted by atomic mass is 19.4. The first-order valence-corrected chi connectivity index (χ1v) is 8.34. The van der Waals surface area contributed by atoms with E-state index in [1.807, 2.05) is 13.8 Å². The zero-order valence-corrected chi connectivity index (χ0v) is 13.8. The van der Waals surface area contributed by atoms with E-state index in [2.05, 4.69) is 19.2 Å². The van der Waals surface area contributed by atoms with Crippen LogP contribution in [0.15, 0.2) is 0 Å². The standard InChI is InChI=1S/C16H31F3N2/c1-5-9-20-14-8-7-13(6-2)10-15(14)21(12(3)4)11-16(17,18)19/h12-15,20H,5-11H2,1-4H3. The first-order valence-electron chi connectivity index (χ1n) is 8.34. The van der Waals surface area contributed by atoms with Gasteiger partial charge >= 0.3 is 6.18 Å². The lowest BCUT2D eigenvalue weighted by Crippen LogP contribution is -2.57. The van der Waals surface area contributed by atoms with Gasteiger partial charge in [-0.25, -0.2) is 0 Å². The molecule has 126 valence electrons. The molecule has 3 atom stereocenters. The van der Waals surface area contributed by atoms with Crippen molar-refractivity contribution in [1.82, 2.24) is 10.2 Å². The molecule has 0 aliphatic heterocycles. The van der Waals surface area contributed by atoms with E-state index < -0.39 is 12.7 Å². The molecule has 0 bridgehead atoms. The van der Waals surface area contributed by atoms with Crippen molar-refractivity contribution in [1.29, 1.82) is 0 Å². The van der Waals surface area contributed by atoms with Crippen LogP contribution in [0.3, 0.4) is 0 Å². The van der Waals surface area contributed by atoms with Crippen molar-refractivity contribution in [2.45, 2.75) is 84.1 Å². The Kier molecular flexibility index (Phi) is 7.48. The monoisotopic (exact) mass is 308 g/mol. The Hall–Kier alpha value is -0.290. The number of rotatable bonds is 7. The van der Waals surface area contributed by atoms with Crippen molar-refractivity contribution >= 4 is 0 Å². The Morgan fingerprint density at radius 3 is 2.33 bits per heavy atom. The van der Waals surface area contributed by atoms with E-state index in [1.165, 1.54) is 0 Å². The van der Waals surface area contributed by atoms with E-state index in [4.69, 9.17) is 0 Å². The molecule has 0 aromatic carbocycles. The minimum absolute atomic E-state index is 0.00289. The van der Waals surface area contributed by atoms with Crippen molar-refractivity contribution in [3.05, 3.63) is 0 Å². The van der Waals surface area contributed by atoms with Gasteiger partial charge in [-0.1, -0.05) is 20.3 Å². The molecule has 1 rings (SSSR count). The van der Waals surface area contributed by atoms with Crippen LogP contribution in [0.2, 0.25) is 0 Å². The topological polar surface area (TPSA) is 15.3 Å². The van der Waals surface area contributed by atoms with Gasteiger partial charge in [0.2, 0.25) is 0 Å². The fourth-order valence-electron chi connectivity index (χ4n) is 3.43. The molecule has 0 radical (unpaired) electrons. The molecule has 3 unspecified atom stereocenters. The van der Waals surface area contributed by atoms with Gasteiger partial charge in [0.25, 0.3) is 0 Å². The molecule has 2 nitrogen and oxygen atoms in total. The summed E-state index contributed by atoms with van der Waals surface area (Å²) in [6.45, 7) is 8.07. The second kappa shape index (κ2) is 8.37. The molecule has 0 heterocycles. The highest BCUT2D eigenvalue weighted by Gasteiger charge is 2.40. The largest absolute Gasteiger partial charge is 0.401 e. The summed E-state index contributed by atoms with van der Waals surface area (Å²) in [6.07, 6.45) is 0.956. The van der Waals surface area contributed by atoms with Gasteiger partial charge in [0, 0.05) is 18.1 Å². The molecule has 0 aromatic rings. The van der Waals surface area contributed by atoms with Crippen molar-refractivity contribution in [3.63, 3.8) is 0 Å². The maximum absolute atomic E-state index is 12.9. The molecule has 0 amide bonds. The van der Waals surface area contributed by atoms with Gasteiger partial charge in [-0.05, 0) is 52.0 Å². The minimum atomic E-state index is -4.13. The summed E-state index contributed by atoms with van der Waals surface area (Å²) in [5, 5.41) is 3.48. The molecule has 1 aliphatic carbocycles. The van der Waals surface area contributed by atoms with Crippen LogP contribution in [-0.2, 0) is 0 Å². The van der Waals surface area contributed by atoms with Crippen LogP contribution in [0.25, 0.3) is 0 Å². The second-order valence-corrected chi connectivity index (χ2v) is 6.60. The molecule has 0 spiro atoms. The summed E-state index contributed by atoms with van der Waals surface area (Å²) < 4.78 is 38.8. The number of nitrogens with zero attached hydrogens (tertiary/aromatic N) is 1. The Morgan fingerprint density at radius 1 is 1.19 bits per heavy atom. The summed E-state index contributed by atoms with van der Waals surface area (Å²) in [4.78, 5) is 1.66. The molecule has 1 aliphatic rings. The van der Waals surface area contributed by atoms with Crippen LogP contribution < -0.4 is 5.32 Å². The van der Waals surface area contributed by atoms with Crippen LogP contribution in [0.5, 0.6) is 0 Å². The number of hydrogen-bond acceptors (Lipinski definition) is 2. The van der Waals surface area contributed by atoms with Crippen LogP contribution in [-0.4, -0.2) is 42.3 Å². The van der Waals surface area contributed by atoms with Gasteiger partial charge in [-0.2, -0.15) is 13.2 Å². The van der Waals surface area contributed by atoms with E-state index in [0.717, 1.165) is 38.6 Å². The summed E-state index contributed by atoms with van der Waals surface area (Å²) in [5.41, 5.74) is 0. The number of hydrogen-bond donors (Lipinski definition) is 1. The van der Waals surface area contributed by atoms with Crippen molar-refractivity contribution in [2.24, 2.45) is 5.92 Å². The fraction of sp³-hybridized carbons (Fsp3) is 1.00. The van der Waals surface area contributed by atoms with Gasteiger partial charge in [0.1, 0.15) is 0 Å². The fourth-order valence-corrected chi connectivity index (χ4v) is 3.43. The van der Waals surface area contributed by atoms with Crippen LogP contribution in [0.1, 0.15) is 59.8 Å². The molecule has 21 heavy (non-hydrogen) atoms. The number of halogens is 3. The van der Waals surface area contributed by atoms with E-state index in [0.29, 0.717) is 5.92 Å². The molecule has 0 aromatic heterocycles. The average molecular weight is 308 g/mol. The van der Waals surface area contributed by atoms with Gasteiger partial charge in [-0.15, -0.1) is 0 Å². The Morgan fingerprint density at radius 2 is 1.86 bits per heavy atom. The number of alkyl halides is 3. The highest BCUT2D eigenvalue weighted by Crippen LogP contribution is 2.32. The SMILES string of the molecule is CCCNC1CCC(CC)CC1N(CC(F)(F)F)C(C)C. The summed E-state index contributed by atoms with van der Waals surface area (Å²) in [7, 11) is 0. The molecule has 5 heteroatoms. The summed E-state index contributed by atoms with van der Waals surface area (Å²) >= 11 is 0. The minimum Gasteiger partial charge on any atom is -0.312 e. The highest BCUT2D eigenvalue weighted by molar-refractivity contribution is 4.92. The Labute approximate surface area is 127 Å². The zero-order chi connectivity index (χ0) is 16.0. The quantitative estimate of drug-likeness (QED) is 0.758. The zero-order valence-electron chi connectivity index (χ0n) is 13.8. The maximum atomic E-state index is 12.9. The first kappa shape index (κ1) is 18.8. The third kappa shape index (κ3) is 6.15. The molecule has 0 saturated heterocycles. The van der Waals surface area contributed by atoms with Crippen molar-refractivity contribution < 1.29 is 13.2 Å². The van der Waals surface area contributed by atoms with Gasteiger partial charge in [0.15, 0.2) is 0 Å². The second-order valence-electron chi connectivity index (χ2n) is 6.60. The summed E-state index contributed by atoms with van der Waals surface area (Å²) in [5.74, 6) is 0.559. The summed E-state index contributed by atoms with van der Waals surface area (Å²) in [6, 6.07) is 0.104. The van der Waals surface area contributed by atoms with Gasteiger partial charge < -0.3 is 5.32 Å². The lowest BCUT2D eigenvalue weighted by atomic mass is 9.79. The molecular formula is C16H31F3N2. The Bertz CT molecular complexity index is 292. The van der Waals surface area contributed by atoms with Gasteiger partial charge in [0.05, 0.1) is 6.54 Å². The smallest absolute Gasteiger partial charge is 0.312 e. The van der Waals surface area contributed by atoms with Crippen LogP contribution in [0, 0.1) is 5.92 Å². The lowest BCUT2D eigenvalue weighted by molar-refractivity contribution is -0.159. The van der Waals surface area contributed by atoms with E-state index in [-0.39, 0.29) is 18.1 Å². The number of nitrogens with one attached hydrogen (secondary N) is 1. The van der Waals surface area contributed by atoms with Crippen molar-refractivity contribution in [3.8, 4) is 0 Å². The van der Waals surface area contributed by atoms with Crippen molar-refractivity contribution in [2.75, 3.05) is 13.1 Å². The normalized spacial score (nSPS) is 27.6. The van der Waals surface area contributed by atoms with Crippen LogP contribution in [0.4, 0.5) is 13.2 Å². The third-order valence-corrected chi connectivity index (χ3v) is 4.61. The molecule has 1 saturated carbocycles. The third-order valence-electron chi connectivity index (χ3n) is 4.61. The molecule has 1 fully saturated rings.